The van der Waals surface area contributed by atoms with Crippen LogP contribution in [0, 0.1) is 11.6 Å². The van der Waals surface area contributed by atoms with Gasteiger partial charge in [-0.2, -0.15) is 0 Å². The van der Waals surface area contributed by atoms with Crippen LogP contribution in [0.4, 0.5) is 8.78 Å². The molecule has 2 N–H and O–H groups in total. The van der Waals surface area contributed by atoms with Gasteiger partial charge in [0.25, 0.3) is 0 Å². The topological polar surface area (TPSA) is 35.2 Å². The lowest BCUT2D eigenvalue weighted by atomic mass is 9.98. The maximum atomic E-state index is 13.5. The Morgan fingerprint density at radius 2 is 1.90 bits per heavy atom. The van der Waals surface area contributed by atoms with E-state index in [4.69, 9.17) is 22.1 Å². The summed E-state index contributed by atoms with van der Waals surface area (Å²) in [6, 6.07) is 6.36. The summed E-state index contributed by atoms with van der Waals surface area (Å²) in [4.78, 5) is 0. The molecule has 106 valence electrons. The normalized spacial score (nSPS) is 12.3. The third kappa shape index (κ3) is 2.80. The molecular formula is C14H11BrClF2NO. The second-order valence-electron chi connectivity index (χ2n) is 4.13. The molecule has 0 aliphatic rings. The Labute approximate surface area is 128 Å². The lowest BCUT2D eigenvalue weighted by Gasteiger charge is -2.18. The van der Waals surface area contributed by atoms with Gasteiger partial charge in [-0.3, -0.25) is 0 Å². The molecule has 1 unspecified atom stereocenters. The molecule has 0 aliphatic carbocycles. The fourth-order valence-electron chi connectivity index (χ4n) is 1.89. The zero-order valence-electron chi connectivity index (χ0n) is 10.5. The minimum Gasteiger partial charge on any atom is -0.496 e. The minimum atomic E-state index is -0.731. The number of hydrogen-bond acceptors (Lipinski definition) is 2. The first-order chi connectivity index (χ1) is 9.45. The van der Waals surface area contributed by atoms with E-state index in [0.717, 1.165) is 0 Å². The largest absolute Gasteiger partial charge is 0.496 e. The summed E-state index contributed by atoms with van der Waals surface area (Å²) in [7, 11) is 1.41. The molecule has 0 aromatic heterocycles. The van der Waals surface area contributed by atoms with Crippen LogP contribution in [0.15, 0.2) is 34.8 Å². The summed E-state index contributed by atoms with van der Waals surface area (Å²) >= 11 is 9.01. The van der Waals surface area contributed by atoms with Crippen molar-refractivity contribution in [1.29, 1.82) is 0 Å². The van der Waals surface area contributed by atoms with Crippen LogP contribution in [-0.2, 0) is 0 Å². The van der Waals surface area contributed by atoms with Gasteiger partial charge in [0.15, 0.2) is 0 Å². The average molecular weight is 363 g/mol. The second kappa shape index (κ2) is 6.08. The van der Waals surface area contributed by atoms with Gasteiger partial charge in [-0.15, -0.1) is 0 Å². The molecule has 20 heavy (non-hydrogen) atoms. The minimum absolute atomic E-state index is 0.0532. The van der Waals surface area contributed by atoms with Crippen molar-refractivity contribution in [2.45, 2.75) is 6.04 Å². The Kier molecular flexibility index (Phi) is 4.62. The SMILES string of the molecule is COc1cc(F)c(Br)cc1C(N)c1cccc(F)c1Cl. The van der Waals surface area contributed by atoms with Gasteiger partial charge in [0, 0.05) is 11.6 Å². The van der Waals surface area contributed by atoms with E-state index >= 15 is 0 Å². The fraction of sp³-hybridized carbons (Fsp3) is 0.143. The van der Waals surface area contributed by atoms with Crippen molar-refractivity contribution in [2.24, 2.45) is 5.73 Å². The highest BCUT2D eigenvalue weighted by Gasteiger charge is 2.20. The molecule has 2 aromatic carbocycles. The summed E-state index contributed by atoms with van der Waals surface area (Å²) < 4.78 is 32.4. The quantitative estimate of drug-likeness (QED) is 0.876. The molecule has 2 nitrogen and oxygen atoms in total. The Morgan fingerprint density at radius 3 is 2.55 bits per heavy atom. The molecule has 2 aromatic rings. The summed E-state index contributed by atoms with van der Waals surface area (Å²) in [5.74, 6) is -0.749. The average Bonchev–Trinajstić information content (AvgIpc) is 2.43. The number of nitrogens with two attached hydrogens (primary N) is 1. The predicted molar refractivity (Wildman–Crippen MR) is 78.1 cm³/mol. The molecular weight excluding hydrogens is 352 g/mol. The predicted octanol–water partition coefficient (Wildman–Crippen LogP) is 4.44. The third-order valence-corrected chi connectivity index (χ3v) is 3.93. The first-order valence-electron chi connectivity index (χ1n) is 5.68. The molecule has 0 saturated carbocycles. The van der Waals surface area contributed by atoms with Crippen molar-refractivity contribution in [2.75, 3.05) is 7.11 Å². The first-order valence-corrected chi connectivity index (χ1v) is 6.85. The Balaban J connectivity index is 2.55. The number of hydrogen-bond donors (Lipinski definition) is 1. The van der Waals surface area contributed by atoms with Crippen LogP contribution >= 0.6 is 27.5 Å². The van der Waals surface area contributed by atoms with Gasteiger partial charge in [0.05, 0.1) is 22.6 Å². The molecule has 0 radical (unpaired) electrons. The van der Waals surface area contributed by atoms with Crippen LogP contribution < -0.4 is 10.5 Å². The highest BCUT2D eigenvalue weighted by Crippen LogP contribution is 2.35. The summed E-state index contributed by atoms with van der Waals surface area (Å²) in [5, 5.41) is -0.0532. The maximum absolute atomic E-state index is 13.5. The fourth-order valence-corrected chi connectivity index (χ4v) is 2.50. The lowest BCUT2D eigenvalue weighted by molar-refractivity contribution is 0.404. The van der Waals surface area contributed by atoms with E-state index in [9.17, 15) is 8.78 Å². The molecule has 1 atom stereocenters. The van der Waals surface area contributed by atoms with E-state index < -0.39 is 17.7 Å². The summed E-state index contributed by atoms with van der Waals surface area (Å²) in [5.41, 5.74) is 7.02. The standard InChI is InChI=1S/C14H11BrClF2NO/c1-20-12-6-11(18)9(15)5-8(12)14(19)7-3-2-4-10(17)13(7)16/h2-6,14H,19H2,1H3. The van der Waals surface area contributed by atoms with Crippen LogP contribution in [-0.4, -0.2) is 7.11 Å². The van der Waals surface area contributed by atoms with E-state index in [0.29, 0.717) is 11.1 Å². The molecule has 0 saturated heterocycles. The van der Waals surface area contributed by atoms with Crippen molar-refractivity contribution in [3.05, 3.63) is 62.6 Å². The van der Waals surface area contributed by atoms with Crippen LogP contribution in [0.25, 0.3) is 0 Å². The molecule has 0 bridgehead atoms. The molecule has 0 spiro atoms. The first kappa shape index (κ1) is 15.2. The van der Waals surface area contributed by atoms with Crippen molar-refractivity contribution >= 4 is 27.5 Å². The highest BCUT2D eigenvalue weighted by molar-refractivity contribution is 9.10. The van der Waals surface area contributed by atoms with Gasteiger partial charge in [0.2, 0.25) is 0 Å². The number of benzene rings is 2. The summed E-state index contributed by atoms with van der Waals surface area (Å²) in [6.07, 6.45) is 0. The summed E-state index contributed by atoms with van der Waals surface area (Å²) in [6.45, 7) is 0. The Hall–Kier alpha value is -1.17. The molecule has 2 rings (SSSR count). The van der Waals surface area contributed by atoms with Gasteiger partial charge in [-0.1, -0.05) is 23.7 Å². The molecule has 0 fully saturated rings. The maximum Gasteiger partial charge on any atom is 0.142 e. The van der Waals surface area contributed by atoms with Gasteiger partial charge in [-0.25, -0.2) is 8.78 Å². The van der Waals surface area contributed by atoms with Gasteiger partial charge in [-0.05, 0) is 33.6 Å². The zero-order chi connectivity index (χ0) is 14.9. The van der Waals surface area contributed by atoms with Gasteiger partial charge < -0.3 is 10.5 Å². The molecule has 6 heteroatoms. The number of halogens is 4. The van der Waals surface area contributed by atoms with E-state index in [2.05, 4.69) is 15.9 Å². The van der Waals surface area contributed by atoms with Crippen LogP contribution in [0.5, 0.6) is 5.75 Å². The zero-order valence-corrected chi connectivity index (χ0v) is 12.8. The second-order valence-corrected chi connectivity index (χ2v) is 5.36. The third-order valence-electron chi connectivity index (χ3n) is 2.92. The van der Waals surface area contributed by atoms with E-state index in [1.807, 2.05) is 0 Å². The van der Waals surface area contributed by atoms with E-state index in [-0.39, 0.29) is 15.2 Å². The number of ether oxygens (including phenoxy) is 1. The molecule has 0 amide bonds. The van der Waals surface area contributed by atoms with Gasteiger partial charge in [0.1, 0.15) is 17.4 Å². The van der Waals surface area contributed by atoms with Gasteiger partial charge >= 0.3 is 0 Å². The highest BCUT2D eigenvalue weighted by atomic mass is 79.9. The Bertz CT molecular complexity index is 651. The lowest BCUT2D eigenvalue weighted by Crippen LogP contribution is -2.14. The van der Waals surface area contributed by atoms with Crippen LogP contribution in [0.3, 0.4) is 0 Å². The van der Waals surface area contributed by atoms with Crippen molar-refractivity contribution in [1.82, 2.24) is 0 Å². The monoisotopic (exact) mass is 361 g/mol. The van der Waals surface area contributed by atoms with Crippen molar-refractivity contribution in [3.63, 3.8) is 0 Å². The van der Waals surface area contributed by atoms with Crippen LogP contribution in [0.2, 0.25) is 5.02 Å². The molecule has 0 aliphatic heterocycles. The van der Waals surface area contributed by atoms with E-state index in [1.165, 1.54) is 31.4 Å². The molecule has 0 heterocycles. The van der Waals surface area contributed by atoms with E-state index in [1.54, 1.807) is 6.07 Å². The smallest absolute Gasteiger partial charge is 0.142 e. The van der Waals surface area contributed by atoms with Crippen LogP contribution in [0.1, 0.15) is 17.2 Å². The van der Waals surface area contributed by atoms with Crippen molar-refractivity contribution < 1.29 is 13.5 Å². The number of rotatable bonds is 3. The Morgan fingerprint density at radius 1 is 1.20 bits per heavy atom. The number of methoxy groups -OCH3 is 1. The van der Waals surface area contributed by atoms with Crippen molar-refractivity contribution in [3.8, 4) is 5.75 Å².